The lowest BCUT2D eigenvalue weighted by atomic mass is 10.2. The molecule has 1 atom stereocenters. The summed E-state index contributed by atoms with van der Waals surface area (Å²) in [5, 5.41) is 7.64. The van der Waals surface area contributed by atoms with Gasteiger partial charge in [0.2, 0.25) is 0 Å². The molecule has 62 valence electrons. The van der Waals surface area contributed by atoms with Crippen molar-refractivity contribution in [2.24, 2.45) is 5.73 Å². The second-order valence-corrected chi connectivity index (χ2v) is 2.88. The molecule has 0 unspecified atom stereocenters. The lowest BCUT2D eigenvalue weighted by molar-refractivity contribution is 0.748. The van der Waals surface area contributed by atoms with Crippen molar-refractivity contribution in [2.45, 2.75) is 13.0 Å². The van der Waals surface area contributed by atoms with Gasteiger partial charge in [0.15, 0.2) is 0 Å². The molecule has 0 aromatic carbocycles. The van der Waals surface area contributed by atoms with Gasteiger partial charge in [-0.1, -0.05) is 0 Å². The molecule has 11 heavy (non-hydrogen) atoms. The molecule has 0 spiro atoms. The maximum atomic E-state index is 5.55. The molecule has 0 aliphatic rings. The van der Waals surface area contributed by atoms with Crippen molar-refractivity contribution in [1.82, 2.24) is 10.2 Å². The summed E-state index contributed by atoms with van der Waals surface area (Å²) in [4.78, 5) is 0. The molecule has 1 heterocycles. The van der Waals surface area contributed by atoms with E-state index in [4.69, 9.17) is 5.73 Å². The van der Waals surface area contributed by atoms with Gasteiger partial charge >= 0.3 is 0 Å². The summed E-state index contributed by atoms with van der Waals surface area (Å²) in [6.45, 7) is 1.87. The highest BCUT2D eigenvalue weighted by Gasteiger charge is 1.99. The quantitative estimate of drug-likeness (QED) is 0.810. The molecule has 0 fully saturated rings. The molecule has 0 bridgehead atoms. The number of hydrogen-bond acceptors (Lipinski definition) is 3. The van der Waals surface area contributed by atoms with Crippen LogP contribution < -0.4 is 5.73 Å². The van der Waals surface area contributed by atoms with Crippen LogP contribution in [0.4, 0.5) is 0 Å². The van der Waals surface area contributed by atoms with E-state index in [1.807, 2.05) is 19.1 Å². The normalized spacial score (nSPS) is 11.9. The molecule has 0 amide bonds. The first kappa shape index (κ1) is 10.8. The second-order valence-electron chi connectivity index (χ2n) is 2.07. The van der Waals surface area contributed by atoms with E-state index in [2.05, 4.69) is 26.1 Å². The molecular formula is C6H9BrClN3. The molecule has 1 rings (SSSR count). The van der Waals surface area contributed by atoms with Gasteiger partial charge in [0.25, 0.3) is 0 Å². The van der Waals surface area contributed by atoms with Crippen LogP contribution in [0.25, 0.3) is 0 Å². The molecule has 0 aliphatic carbocycles. The van der Waals surface area contributed by atoms with Crippen LogP contribution >= 0.6 is 28.3 Å². The third-order valence-corrected chi connectivity index (χ3v) is 1.54. The van der Waals surface area contributed by atoms with E-state index in [0.717, 1.165) is 10.3 Å². The van der Waals surface area contributed by atoms with Crippen molar-refractivity contribution in [3.63, 3.8) is 0 Å². The van der Waals surface area contributed by atoms with Crippen molar-refractivity contribution in [2.75, 3.05) is 0 Å². The molecule has 1 aromatic rings. The molecule has 3 nitrogen and oxygen atoms in total. The minimum absolute atomic E-state index is 0. The maximum Gasteiger partial charge on any atom is 0.128 e. The van der Waals surface area contributed by atoms with E-state index in [1.54, 1.807) is 0 Å². The minimum atomic E-state index is -0.0411. The Morgan fingerprint density at radius 1 is 1.45 bits per heavy atom. The summed E-state index contributed by atoms with van der Waals surface area (Å²) in [6.07, 6.45) is 0. The molecule has 2 N–H and O–H groups in total. The Labute approximate surface area is 79.9 Å². The van der Waals surface area contributed by atoms with E-state index in [9.17, 15) is 0 Å². The van der Waals surface area contributed by atoms with Gasteiger partial charge in [-0.05, 0) is 35.0 Å². The highest BCUT2D eigenvalue weighted by Crippen LogP contribution is 2.07. The van der Waals surface area contributed by atoms with E-state index in [1.165, 1.54) is 0 Å². The Kier molecular flexibility index (Phi) is 4.56. The van der Waals surface area contributed by atoms with Gasteiger partial charge in [0.05, 0.1) is 5.69 Å². The Balaban J connectivity index is 0.000001000. The summed E-state index contributed by atoms with van der Waals surface area (Å²) in [5.74, 6) is 0. The number of halogens is 2. The van der Waals surface area contributed by atoms with Gasteiger partial charge in [-0.3, -0.25) is 0 Å². The van der Waals surface area contributed by atoms with Crippen molar-refractivity contribution in [1.29, 1.82) is 0 Å². The van der Waals surface area contributed by atoms with Crippen LogP contribution in [0.1, 0.15) is 18.7 Å². The summed E-state index contributed by atoms with van der Waals surface area (Å²) < 4.78 is 0.733. The maximum absolute atomic E-state index is 5.55. The minimum Gasteiger partial charge on any atom is -0.323 e. The van der Waals surface area contributed by atoms with Gasteiger partial charge in [0.1, 0.15) is 4.60 Å². The zero-order chi connectivity index (χ0) is 7.56. The number of nitrogens with two attached hydrogens (primary N) is 1. The first-order chi connectivity index (χ1) is 4.70. The highest BCUT2D eigenvalue weighted by atomic mass is 79.9. The fraction of sp³-hybridized carbons (Fsp3) is 0.333. The summed E-state index contributed by atoms with van der Waals surface area (Å²) >= 11 is 3.18. The van der Waals surface area contributed by atoms with Crippen LogP contribution in [0.5, 0.6) is 0 Å². The Morgan fingerprint density at radius 3 is 2.45 bits per heavy atom. The molecule has 0 saturated carbocycles. The topological polar surface area (TPSA) is 51.8 Å². The van der Waals surface area contributed by atoms with Gasteiger partial charge in [0, 0.05) is 6.04 Å². The third kappa shape index (κ3) is 3.14. The Hall–Kier alpha value is -0.190. The van der Waals surface area contributed by atoms with Gasteiger partial charge < -0.3 is 5.73 Å². The van der Waals surface area contributed by atoms with Crippen molar-refractivity contribution in [3.05, 3.63) is 22.4 Å². The van der Waals surface area contributed by atoms with E-state index >= 15 is 0 Å². The first-order valence-corrected chi connectivity index (χ1v) is 3.74. The standard InChI is InChI=1S/C6H8BrN3.ClH/c1-4(8)5-2-3-6(7)10-9-5;/h2-4H,8H2,1H3;1H/t4-;/m1./s1. The van der Waals surface area contributed by atoms with Crippen LogP contribution in [0, 0.1) is 0 Å². The zero-order valence-corrected chi connectivity index (χ0v) is 8.39. The molecular weight excluding hydrogens is 229 g/mol. The van der Waals surface area contributed by atoms with Gasteiger partial charge in [-0.15, -0.1) is 17.5 Å². The van der Waals surface area contributed by atoms with Crippen molar-refractivity contribution >= 4 is 28.3 Å². The monoisotopic (exact) mass is 237 g/mol. The molecule has 5 heteroatoms. The van der Waals surface area contributed by atoms with Crippen molar-refractivity contribution < 1.29 is 0 Å². The van der Waals surface area contributed by atoms with Crippen LogP contribution in [0.15, 0.2) is 16.7 Å². The van der Waals surface area contributed by atoms with Crippen LogP contribution in [0.3, 0.4) is 0 Å². The van der Waals surface area contributed by atoms with Crippen LogP contribution in [0.2, 0.25) is 0 Å². The fourth-order valence-corrected chi connectivity index (χ4v) is 0.781. The van der Waals surface area contributed by atoms with Gasteiger partial charge in [-0.25, -0.2) is 0 Å². The molecule has 0 radical (unpaired) electrons. The molecule has 0 saturated heterocycles. The number of hydrogen-bond donors (Lipinski definition) is 1. The highest BCUT2D eigenvalue weighted by molar-refractivity contribution is 9.10. The molecule has 0 aliphatic heterocycles. The van der Waals surface area contributed by atoms with E-state index in [0.29, 0.717) is 0 Å². The SMILES string of the molecule is C[C@@H](N)c1ccc(Br)nn1.Cl. The van der Waals surface area contributed by atoms with Crippen LogP contribution in [-0.2, 0) is 0 Å². The van der Waals surface area contributed by atoms with Crippen molar-refractivity contribution in [3.8, 4) is 0 Å². The number of rotatable bonds is 1. The van der Waals surface area contributed by atoms with E-state index < -0.39 is 0 Å². The Bertz CT molecular complexity index is 212. The average molecular weight is 239 g/mol. The Morgan fingerprint density at radius 2 is 2.09 bits per heavy atom. The van der Waals surface area contributed by atoms with E-state index in [-0.39, 0.29) is 18.4 Å². The van der Waals surface area contributed by atoms with Crippen LogP contribution in [-0.4, -0.2) is 10.2 Å². The lowest BCUT2D eigenvalue weighted by Crippen LogP contribution is -2.07. The molecule has 1 aromatic heterocycles. The average Bonchev–Trinajstić information content (AvgIpc) is 1.88. The summed E-state index contributed by atoms with van der Waals surface area (Å²) in [6, 6.07) is 3.63. The zero-order valence-electron chi connectivity index (χ0n) is 5.99. The number of aromatic nitrogens is 2. The predicted molar refractivity (Wildman–Crippen MR) is 49.6 cm³/mol. The fourth-order valence-electron chi connectivity index (χ4n) is 0.569. The summed E-state index contributed by atoms with van der Waals surface area (Å²) in [7, 11) is 0. The second kappa shape index (κ2) is 4.64. The first-order valence-electron chi connectivity index (χ1n) is 2.95. The predicted octanol–water partition coefficient (Wildman–Crippen LogP) is 1.68. The summed E-state index contributed by atoms with van der Waals surface area (Å²) in [5.41, 5.74) is 6.35. The van der Waals surface area contributed by atoms with Gasteiger partial charge in [-0.2, -0.15) is 5.10 Å². The smallest absolute Gasteiger partial charge is 0.128 e. The largest absolute Gasteiger partial charge is 0.323 e. The number of nitrogens with zero attached hydrogens (tertiary/aromatic N) is 2. The lowest BCUT2D eigenvalue weighted by Gasteiger charge is -2.00. The third-order valence-electron chi connectivity index (χ3n) is 1.12.